The third-order valence-corrected chi connectivity index (χ3v) is 3.27. The fourth-order valence-electron chi connectivity index (χ4n) is 2.06. The fourth-order valence-corrected chi connectivity index (χ4v) is 2.06. The first-order valence-corrected chi connectivity index (χ1v) is 6.18. The zero-order valence-corrected chi connectivity index (χ0v) is 10.6. The molecular weight excluding hydrogens is 230 g/mol. The van der Waals surface area contributed by atoms with Crippen molar-refractivity contribution in [2.24, 2.45) is 5.41 Å². The van der Waals surface area contributed by atoms with Crippen LogP contribution in [0.5, 0.6) is 0 Å². The molecule has 0 aromatic heterocycles. The number of hydrogen-bond donors (Lipinski definition) is 1. The second-order valence-corrected chi connectivity index (χ2v) is 4.68. The van der Waals surface area contributed by atoms with Crippen LogP contribution in [0.4, 0.5) is 0 Å². The van der Waals surface area contributed by atoms with Crippen LogP contribution in [0.15, 0.2) is 30.3 Å². The Kier molecular flexibility index (Phi) is 4.33. The van der Waals surface area contributed by atoms with Crippen molar-refractivity contribution in [1.29, 1.82) is 0 Å². The van der Waals surface area contributed by atoms with Gasteiger partial charge in [-0.3, -0.25) is 4.79 Å². The number of rotatable bonds is 6. The van der Waals surface area contributed by atoms with Crippen LogP contribution in [0.2, 0.25) is 0 Å². The number of carbonyl (C=O) groups is 1. The molecule has 0 bridgehead atoms. The number of nitrogens with one attached hydrogen (secondary N) is 1. The van der Waals surface area contributed by atoms with Crippen molar-refractivity contribution in [3.05, 3.63) is 35.9 Å². The van der Waals surface area contributed by atoms with E-state index < -0.39 is 5.41 Å². The molecule has 1 heterocycles. The maximum Gasteiger partial charge on any atom is 0.317 e. The average Bonchev–Trinajstić information content (AvgIpc) is 2.37. The Hall–Kier alpha value is -1.39. The second kappa shape index (κ2) is 5.98. The highest BCUT2D eigenvalue weighted by molar-refractivity contribution is 5.78. The first-order chi connectivity index (χ1) is 8.77. The van der Waals surface area contributed by atoms with E-state index in [1.54, 1.807) is 0 Å². The van der Waals surface area contributed by atoms with Gasteiger partial charge in [-0.05, 0) is 18.5 Å². The van der Waals surface area contributed by atoms with E-state index in [1.165, 1.54) is 12.7 Å². The predicted octanol–water partition coefficient (Wildman–Crippen LogP) is 1.01. The van der Waals surface area contributed by atoms with Crippen molar-refractivity contribution in [2.75, 3.05) is 33.4 Å². The molecule has 1 aliphatic rings. The molecule has 18 heavy (non-hydrogen) atoms. The Morgan fingerprint density at radius 3 is 2.67 bits per heavy atom. The third-order valence-electron chi connectivity index (χ3n) is 3.27. The second-order valence-electron chi connectivity index (χ2n) is 4.68. The van der Waals surface area contributed by atoms with Crippen molar-refractivity contribution in [2.45, 2.75) is 6.42 Å². The SMILES string of the molecule is COC(=O)C1(CNCCc2ccccc2)COC1. The summed E-state index contributed by atoms with van der Waals surface area (Å²) in [6, 6.07) is 10.3. The normalized spacial score (nSPS) is 16.9. The summed E-state index contributed by atoms with van der Waals surface area (Å²) in [7, 11) is 1.42. The van der Waals surface area contributed by atoms with Crippen LogP contribution < -0.4 is 5.32 Å². The van der Waals surface area contributed by atoms with E-state index in [0.29, 0.717) is 19.8 Å². The van der Waals surface area contributed by atoms with Crippen molar-refractivity contribution < 1.29 is 14.3 Å². The van der Waals surface area contributed by atoms with Crippen LogP contribution in [-0.4, -0.2) is 39.4 Å². The van der Waals surface area contributed by atoms with Gasteiger partial charge < -0.3 is 14.8 Å². The van der Waals surface area contributed by atoms with E-state index in [2.05, 4.69) is 17.4 Å². The lowest BCUT2D eigenvalue weighted by atomic mass is 9.86. The standard InChI is InChI=1S/C14H19NO3/c1-17-13(16)14(10-18-11-14)9-15-8-7-12-5-3-2-4-6-12/h2-6,15H,7-11H2,1H3. The molecule has 2 rings (SSSR count). The predicted molar refractivity (Wildman–Crippen MR) is 68.3 cm³/mol. The van der Waals surface area contributed by atoms with Gasteiger partial charge in [0.25, 0.3) is 0 Å². The van der Waals surface area contributed by atoms with Crippen LogP contribution in [0.1, 0.15) is 5.56 Å². The highest BCUT2D eigenvalue weighted by Gasteiger charge is 2.46. The minimum atomic E-state index is -0.467. The molecule has 0 radical (unpaired) electrons. The highest BCUT2D eigenvalue weighted by Crippen LogP contribution is 2.27. The van der Waals surface area contributed by atoms with Crippen LogP contribution in [0.25, 0.3) is 0 Å². The topological polar surface area (TPSA) is 47.6 Å². The van der Waals surface area contributed by atoms with Gasteiger partial charge in [-0.25, -0.2) is 0 Å². The summed E-state index contributed by atoms with van der Waals surface area (Å²) in [5, 5.41) is 3.31. The largest absolute Gasteiger partial charge is 0.468 e. The maximum absolute atomic E-state index is 11.6. The molecule has 4 heteroatoms. The molecule has 0 unspecified atom stereocenters. The summed E-state index contributed by atoms with van der Waals surface area (Å²) in [4.78, 5) is 11.6. The number of methoxy groups -OCH3 is 1. The summed E-state index contributed by atoms with van der Waals surface area (Å²) in [6.45, 7) is 2.38. The van der Waals surface area contributed by atoms with Gasteiger partial charge in [0.1, 0.15) is 5.41 Å². The molecule has 1 aliphatic heterocycles. The molecule has 1 saturated heterocycles. The van der Waals surface area contributed by atoms with E-state index in [0.717, 1.165) is 13.0 Å². The van der Waals surface area contributed by atoms with Crippen LogP contribution >= 0.6 is 0 Å². The Labute approximate surface area is 107 Å². The lowest BCUT2D eigenvalue weighted by Crippen LogP contribution is -2.55. The summed E-state index contributed by atoms with van der Waals surface area (Å²) >= 11 is 0. The van der Waals surface area contributed by atoms with Crippen LogP contribution in [0.3, 0.4) is 0 Å². The molecule has 0 saturated carbocycles. The summed E-state index contributed by atoms with van der Waals surface area (Å²) in [6.07, 6.45) is 0.957. The van der Waals surface area contributed by atoms with Crippen LogP contribution in [-0.2, 0) is 20.7 Å². The van der Waals surface area contributed by atoms with Crippen LogP contribution in [0, 0.1) is 5.41 Å². The van der Waals surface area contributed by atoms with Gasteiger partial charge in [0.15, 0.2) is 0 Å². The van der Waals surface area contributed by atoms with Crippen molar-refractivity contribution in [3.63, 3.8) is 0 Å². The van der Waals surface area contributed by atoms with Gasteiger partial charge in [-0.2, -0.15) is 0 Å². The van der Waals surface area contributed by atoms with E-state index >= 15 is 0 Å². The minimum absolute atomic E-state index is 0.180. The molecule has 0 amide bonds. The van der Waals surface area contributed by atoms with Gasteiger partial charge in [0, 0.05) is 6.54 Å². The smallest absolute Gasteiger partial charge is 0.317 e. The first-order valence-electron chi connectivity index (χ1n) is 6.18. The van der Waals surface area contributed by atoms with Gasteiger partial charge in [-0.1, -0.05) is 30.3 Å². The molecule has 1 aromatic rings. The van der Waals surface area contributed by atoms with Gasteiger partial charge in [0.05, 0.1) is 20.3 Å². The van der Waals surface area contributed by atoms with Crippen molar-refractivity contribution in [1.82, 2.24) is 5.32 Å². The monoisotopic (exact) mass is 249 g/mol. The zero-order valence-electron chi connectivity index (χ0n) is 10.6. The molecule has 1 aromatic carbocycles. The molecule has 1 fully saturated rings. The Morgan fingerprint density at radius 1 is 1.39 bits per heavy atom. The van der Waals surface area contributed by atoms with Gasteiger partial charge >= 0.3 is 5.97 Å². The molecule has 4 nitrogen and oxygen atoms in total. The molecular formula is C14H19NO3. The first kappa shape index (κ1) is 13.1. The number of esters is 1. The van der Waals surface area contributed by atoms with E-state index in [-0.39, 0.29) is 5.97 Å². The molecule has 0 spiro atoms. The maximum atomic E-state index is 11.6. The molecule has 98 valence electrons. The lowest BCUT2D eigenvalue weighted by molar-refractivity contribution is -0.182. The lowest BCUT2D eigenvalue weighted by Gasteiger charge is -2.38. The van der Waals surface area contributed by atoms with Gasteiger partial charge in [-0.15, -0.1) is 0 Å². The fraction of sp³-hybridized carbons (Fsp3) is 0.500. The van der Waals surface area contributed by atoms with E-state index in [4.69, 9.17) is 9.47 Å². The Morgan fingerprint density at radius 2 is 2.11 bits per heavy atom. The Bertz CT molecular complexity index is 387. The number of benzene rings is 1. The average molecular weight is 249 g/mol. The summed E-state index contributed by atoms with van der Waals surface area (Å²) < 4.78 is 9.95. The minimum Gasteiger partial charge on any atom is -0.468 e. The highest BCUT2D eigenvalue weighted by atomic mass is 16.5. The quantitative estimate of drug-likeness (QED) is 0.604. The van der Waals surface area contributed by atoms with Crippen molar-refractivity contribution >= 4 is 5.97 Å². The van der Waals surface area contributed by atoms with E-state index in [1.807, 2.05) is 18.2 Å². The zero-order chi connectivity index (χ0) is 12.8. The molecule has 0 atom stereocenters. The Balaban J connectivity index is 1.73. The third kappa shape index (κ3) is 2.89. The molecule has 0 aliphatic carbocycles. The van der Waals surface area contributed by atoms with Gasteiger partial charge in [0.2, 0.25) is 0 Å². The number of ether oxygens (including phenoxy) is 2. The van der Waals surface area contributed by atoms with E-state index in [9.17, 15) is 4.79 Å². The summed E-state index contributed by atoms with van der Waals surface area (Å²) in [5.74, 6) is -0.180. The van der Waals surface area contributed by atoms with Crippen molar-refractivity contribution in [3.8, 4) is 0 Å². The molecule has 1 N–H and O–H groups in total. The number of carbonyl (C=O) groups excluding carboxylic acids is 1. The summed E-state index contributed by atoms with van der Waals surface area (Å²) in [5.41, 5.74) is 0.827. The number of hydrogen-bond acceptors (Lipinski definition) is 4.